The zero-order valence-electron chi connectivity index (χ0n) is 8.06. The minimum Gasteiger partial charge on any atom is -0.421 e. The van der Waals surface area contributed by atoms with Crippen molar-refractivity contribution in [2.45, 2.75) is 46.6 Å². The smallest absolute Gasteiger partial charge is 0.286 e. The molecule has 0 bridgehead atoms. The van der Waals surface area contributed by atoms with Crippen molar-refractivity contribution in [1.82, 2.24) is 0 Å². The molecule has 0 aliphatic heterocycles. The summed E-state index contributed by atoms with van der Waals surface area (Å²) in [4.78, 5) is 0. The van der Waals surface area contributed by atoms with Gasteiger partial charge in [0.1, 0.15) is 5.60 Å². The van der Waals surface area contributed by atoms with E-state index in [1.54, 1.807) is 6.26 Å². The maximum Gasteiger partial charge on any atom is 0.286 e. The van der Waals surface area contributed by atoms with Crippen LogP contribution in [0, 0.1) is 16.9 Å². The number of hydrogen-bond acceptors (Lipinski definition) is 2. The van der Waals surface area contributed by atoms with E-state index in [1.165, 1.54) is 0 Å². The average Bonchev–Trinajstić information content (AvgIpc) is 1.55. The summed E-state index contributed by atoms with van der Waals surface area (Å²) in [5, 5.41) is 8.33. The largest absolute Gasteiger partial charge is 0.421 e. The first kappa shape index (κ1) is 10.3. The van der Waals surface area contributed by atoms with Gasteiger partial charge in [-0.25, -0.2) is 0 Å². The molecule has 0 aliphatic carbocycles. The lowest BCUT2D eigenvalue weighted by Gasteiger charge is -2.29. The Labute approximate surface area is 69.2 Å². The highest BCUT2D eigenvalue weighted by atomic mass is 16.5. The SMILES string of the molecule is CC(C)(C)CC(C)(C)OC#N. The van der Waals surface area contributed by atoms with Crippen molar-refractivity contribution < 1.29 is 4.74 Å². The van der Waals surface area contributed by atoms with Gasteiger partial charge in [0.05, 0.1) is 0 Å². The van der Waals surface area contributed by atoms with Crippen LogP contribution >= 0.6 is 0 Å². The molecule has 0 aromatic heterocycles. The fourth-order valence-corrected chi connectivity index (χ4v) is 1.44. The van der Waals surface area contributed by atoms with Gasteiger partial charge in [-0.2, -0.15) is 5.26 Å². The Morgan fingerprint density at radius 3 is 1.91 bits per heavy atom. The third kappa shape index (κ3) is 5.72. The van der Waals surface area contributed by atoms with Gasteiger partial charge < -0.3 is 4.74 Å². The molecule has 0 unspecified atom stereocenters. The minimum atomic E-state index is -0.326. The molecule has 2 heteroatoms. The monoisotopic (exact) mass is 155 g/mol. The molecular weight excluding hydrogens is 138 g/mol. The summed E-state index contributed by atoms with van der Waals surface area (Å²) >= 11 is 0. The van der Waals surface area contributed by atoms with Crippen molar-refractivity contribution in [3.05, 3.63) is 0 Å². The van der Waals surface area contributed by atoms with Gasteiger partial charge in [0, 0.05) is 0 Å². The van der Waals surface area contributed by atoms with Crippen LogP contribution in [-0.2, 0) is 4.74 Å². The molecule has 0 saturated heterocycles. The van der Waals surface area contributed by atoms with Gasteiger partial charge in [-0.15, -0.1) is 0 Å². The van der Waals surface area contributed by atoms with Crippen molar-refractivity contribution in [3.63, 3.8) is 0 Å². The van der Waals surface area contributed by atoms with E-state index < -0.39 is 0 Å². The molecule has 11 heavy (non-hydrogen) atoms. The number of nitriles is 1. The molecule has 0 N–H and O–H groups in total. The lowest BCUT2D eigenvalue weighted by Crippen LogP contribution is -2.28. The third-order valence-electron chi connectivity index (χ3n) is 1.28. The Morgan fingerprint density at radius 1 is 1.18 bits per heavy atom. The lowest BCUT2D eigenvalue weighted by molar-refractivity contribution is 0.0318. The van der Waals surface area contributed by atoms with Gasteiger partial charge >= 0.3 is 0 Å². The molecule has 0 aromatic carbocycles. The maximum absolute atomic E-state index is 8.33. The van der Waals surface area contributed by atoms with Crippen LogP contribution in [0.1, 0.15) is 41.0 Å². The first-order chi connectivity index (χ1) is 4.77. The van der Waals surface area contributed by atoms with Crippen LogP contribution in [0.25, 0.3) is 0 Å². The third-order valence-corrected chi connectivity index (χ3v) is 1.28. The Balaban J connectivity index is 4.04. The van der Waals surface area contributed by atoms with Gasteiger partial charge in [0.15, 0.2) is 0 Å². The van der Waals surface area contributed by atoms with Gasteiger partial charge in [-0.3, -0.25) is 0 Å². The summed E-state index contributed by atoms with van der Waals surface area (Å²) < 4.78 is 4.91. The topological polar surface area (TPSA) is 33.0 Å². The number of rotatable bonds is 2. The first-order valence-electron chi connectivity index (χ1n) is 3.84. The van der Waals surface area contributed by atoms with Crippen LogP contribution in [0.5, 0.6) is 0 Å². The van der Waals surface area contributed by atoms with Crippen LogP contribution in [-0.4, -0.2) is 5.60 Å². The Morgan fingerprint density at radius 2 is 1.64 bits per heavy atom. The summed E-state index contributed by atoms with van der Waals surface area (Å²) in [5.41, 5.74) is -0.118. The fraction of sp³-hybridized carbons (Fsp3) is 0.889. The van der Waals surface area contributed by atoms with E-state index in [9.17, 15) is 0 Å². The molecule has 64 valence electrons. The molecule has 0 amide bonds. The van der Waals surface area contributed by atoms with E-state index in [0.29, 0.717) is 0 Å². The molecule has 2 nitrogen and oxygen atoms in total. The second-order valence-electron chi connectivity index (χ2n) is 4.69. The molecular formula is C9H17NO. The van der Waals surface area contributed by atoms with E-state index in [2.05, 4.69) is 20.8 Å². The summed E-state index contributed by atoms with van der Waals surface area (Å²) in [7, 11) is 0. The zero-order chi connectivity index (χ0) is 9.12. The van der Waals surface area contributed by atoms with Crippen molar-refractivity contribution in [2.24, 2.45) is 5.41 Å². The highest BCUT2D eigenvalue weighted by Gasteiger charge is 2.26. The Hall–Kier alpha value is -0.710. The zero-order valence-corrected chi connectivity index (χ0v) is 8.06. The Kier molecular flexibility index (Phi) is 2.92. The molecule has 0 atom stereocenters. The van der Waals surface area contributed by atoms with Crippen molar-refractivity contribution >= 4 is 0 Å². The average molecular weight is 155 g/mol. The number of ether oxygens (including phenoxy) is 1. The summed E-state index contributed by atoms with van der Waals surface area (Å²) in [6.45, 7) is 10.3. The second kappa shape index (κ2) is 3.13. The molecule has 0 aliphatic rings. The molecule has 0 radical (unpaired) electrons. The summed E-state index contributed by atoms with van der Waals surface area (Å²) in [6, 6.07) is 0. The lowest BCUT2D eigenvalue weighted by atomic mass is 9.84. The molecule has 0 saturated carbocycles. The molecule has 0 rings (SSSR count). The van der Waals surface area contributed by atoms with Gasteiger partial charge in [-0.1, -0.05) is 20.8 Å². The van der Waals surface area contributed by atoms with Crippen LogP contribution in [0.15, 0.2) is 0 Å². The van der Waals surface area contributed by atoms with Crippen molar-refractivity contribution in [3.8, 4) is 6.26 Å². The first-order valence-corrected chi connectivity index (χ1v) is 3.84. The molecule has 0 aromatic rings. The highest BCUT2D eigenvalue weighted by molar-refractivity contribution is 4.79. The van der Waals surface area contributed by atoms with E-state index in [4.69, 9.17) is 10.00 Å². The number of hydrogen-bond donors (Lipinski definition) is 0. The summed E-state index contributed by atoms with van der Waals surface area (Å²) in [5.74, 6) is 0. The van der Waals surface area contributed by atoms with Crippen molar-refractivity contribution in [2.75, 3.05) is 0 Å². The summed E-state index contributed by atoms with van der Waals surface area (Å²) in [6.07, 6.45) is 2.61. The van der Waals surface area contributed by atoms with Crippen LogP contribution < -0.4 is 0 Å². The van der Waals surface area contributed by atoms with Gasteiger partial charge in [-0.05, 0) is 25.7 Å². The van der Waals surface area contributed by atoms with E-state index >= 15 is 0 Å². The van der Waals surface area contributed by atoms with Crippen LogP contribution in [0.3, 0.4) is 0 Å². The van der Waals surface area contributed by atoms with E-state index in [1.807, 2.05) is 13.8 Å². The van der Waals surface area contributed by atoms with Crippen molar-refractivity contribution in [1.29, 1.82) is 5.26 Å². The fourth-order valence-electron chi connectivity index (χ4n) is 1.44. The van der Waals surface area contributed by atoms with Gasteiger partial charge in [0.2, 0.25) is 0 Å². The highest BCUT2D eigenvalue weighted by Crippen LogP contribution is 2.28. The van der Waals surface area contributed by atoms with E-state index in [0.717, 1.165) is 6.42 Å². The molecule has 0 fully saturated rings. The predicted octanol–water partition coefficient (Wildman–Crippen LogP) is 2.70. The maximum atomic E-state index is 8.33. The minimum absolute atomic E-state index is 0.209. The number of nitrogens with zero attached hydrogens (tertiary/aromatic N) is 1. The quantitative estimate of drug-likeness (QED) is 0.574. The second-order valence-corrected chi connectivity index (χ2v) is 4.69. The normalized spacial score (nSPS) is 12.4. The standard InChI is InChI=1S/C9H17NO/c1-8(2,3)6-9(4,5)11-7-10/h6H2,1-5H3. The molecule has 0 spiro atoms. The van der Waals surface area contributed by atoms with Gasteiger partial charge in [0.25, 0.3) is 6.26 Å². The molecule has 0 heterocycles. The van der Waals surface area contributed by atoms with E-state index in [-0.39, 0.29) is 11.0 Å². The van der Waals surface area contributed by atoms with Crippen LogP contribution in [0.4, 0.5) is 0 Å². The predicted molar refractivity (Wildman–Crippen MR) is 44.8 cm³/mol. The van der Waals surface area contributed by atoms with Crippen LogP contribution in [0.2, 0.25) is 0 Å². The Bertz CT molecular complexity index is 159.